The van der Waals surface area contributed by atoms with Crippen molar-refractivity contribution in [1.29, 1.82) is 0 Å². The van der Waals surface area contributed by atoms with E-state index in [4.69, 9.17) is 11.6 Å². The summed E-state index contributed by atoms with van der Waals surface area (Å²) in [5.74, 6) is -1.83. The van der Waals surface area contributed by atoms with Crippen LogP contribution < -0.4 is 4.72 Å². The molecule has 0 unspecified atom stereocenters. The number of aryl methyl sites for hydroxylation is 2. The highest BCUT2D eigenvalue weighted by atomic mass is 35.5. The molecule has 0 fully saturated rings. The van der Waals surface area contributed by atoms with Crippen molar-refractivity contribution in [2.45, 2.75) is 43.7 Å². The van der Waals surface area contributed by atoms with Crippen molar-refractivity contribution in [2.75, 3.05) is 6.54 Å². The van der Waals surface area contributed by atoms with Crippen LogP contribution in [0.25, 0.3) is 10.9 Å². The number of benzene rings is 5. The van der Waals surface area contributed by atoms with Gasteiger partial charge in [-0.3, -0.25) is 0 Å². The number of carboxylic acid groups (broad SMARTS) is 1. The van der Waals surface area contributed by atoms with Gasteiger partial charge in [0.2, 0.25) is 10.0 Å². The summed E-state index contributed by atoms with van der Waals surface area (Å²) >= 11 is 6.59. The molecular weight excluding hydrogens is 709 g/mol. The Bertz CT molecular complexity index is 2250. The zero-order valence-corrected chi connectivity index (χ0v) is 29.6. The van der Waals surface area contributed by atoms with Crippen LogP contribution in [0.4, 0.5) is 13.2 Å². The van der Waals surface area contributed by atoms with Gasteiger partial charge < -0.3 is 9.67 Å². The lowest BCUT2D eigenvalue weighted by Gasteiger charge is -2.25. The third kappa shape index (κ3) is 8.41. The number of aromatic nitrogens is 1. The van der Waals surface area contributed by atoms with E-state index in [0.29, 0.717) is 29.8 Å². The van der Waals surface area contributed by atoms with E-state index in [1.165, 1.54) is 18.2 Å². The van der Waals surface area contributed by atoms with Gasteiger partial charge in [-0.2, -0.15) is 13.2 Å². The Morgan fingerprint density at radius 1 is 0.769 bits per heavy atom. The molecule has 2 N–H and O–H groups in total. The number of carbonyl (C=O) groups is 1. The number of sulfonamides is 1. The normalized spacial score (nSPS) is 12.1. The quantitative estimate of drug-likeness (QED) is 0.116. The standard InChI is InChI=1S/C41H36ClF3N2O4S/c42-32-22-23-37-35(26-32)34(20-11-18-28-12-7-9-19-33(28)40(48)49)38(47(37)39(29-13-3-1-4-14-29)30-15-5-2-6-16-30)24-25-46-52(50,51)27-31-17-8-10-21-36(31)41(43,44)45/h1-10,12-17,19,21-23,26,39,46H,11,18,20,24-25,27H2,(H,48,49). The first-order valence-electron chi connectivity index (χ1n) is 16.8. The maximum atomic E-state index is 13.7. The molecule has 11 heteroatoms. The van der Waals surface area contributed by atoms with Crippen LogP contribution in [0.3, 0.4) is 0 Å². The Kier molecular flexibility index (Phi) is 11.2. The lowest BCUT2D eigenvalue weighted by Crippen LogP contribution is -2.29. The third-order valence-electron chi connectivity index (χ3n) is 9.14. The number of nitrogens with zero attached hydrogens (tertiary/aromatic N) is 1. The molecule has 6 nitrogen and oxygen atoms in total. The zero-order chi connectivity index (χ0) is 36.9. The zero-order valence-electron chi connectivity index (χ0n) is 28.0. The SMILES string of the molecule is O=C(O)c1ccccc1CCCc1c(CCNS(=O)(=O)Cc2ccccc2C(F)(F)F)n(C(c2ccccc2)c2ccccc2)c2ccc(Cl)cc12. The van der Waals surface area contributed by atoms with Crippen LogP contribution in [0, 0.1) is 0 Å². The van der Waals surface area contributed by atoms with Crippen LogP contribution in [-0.2, 0) is 41.2 Å². The molecule has 268 valence electrons. The van der Waals surface area contributed by atoms with E-state index in [1.54, 1.807) is 18.2 Å². The van der Waals surface area contributed by atoms with Gasteiger partial charge in [-0.1, -0.05) is 109 Å². The maximum Gasteiger partial charge on any atom is 0.416 e. The Morgan fingerprint density at radius 2 is 1.37 bits per heavy atom. The van der Waals surface area contributed by atoms with Crippen LogP contribution in [0.5, 0.6) is 0 Å². The minimum Gasteiger partial charge on any atom is -0.478 e. The van der Waals surface area contributed by atoms with Crippen LogP contribution >= 0.6 is 11.6 Å². The molecular formula is C41H36ClF3N2O4S. The largest absolute Gasteiger partial charge is 0.478 e. The number of hydrogen-bond acceptors (Lipinski definition) is 3. The second-order valence-corrected chi connectivity index (χ2v) is 14.8. The molecule has 5 aromatic carbocycles. The smallest absolute Gasteiger partial charge is 0.416 e. The van der Waals surface area contributed by atoms with Crippen molar-refractivity contribution in [3.05, 3.63) is 177 Å². The third-order valence-corrected chi connectivity index (χ3v) is 10.7. The van der Waals surface area contributed by atoms with Crippen molar-refractivity contribution in [3.63, 3.8) is 0 Å². The highest BCUT2D eigenvalue weighted by Crippen LogP contribution is 2.38. The molecule has 6 rings (SSSR count). The number of hydrogen-bond donors (Lipinski definition) is 2. The molecule has 0 radical (unpaired) electrons. The molecule has 1 heterocycles. The van der Waals surface area contributed by atoms with Crippen molar-refractivity contribution >= 4 is 38.5 Å². The second kappa shape index (κ2) is 15.8. The van der Waals surface area contributed by atoms with E-state index >= 15 is 0 Å². The number of nitrogens with one attached hydrogen (secondary N) is 1. The topological polar surface area (TPSA) is 88.4 Å². The molecule has 1 aromatic heterocycles. The van der Waals surface area contributed by atoms with Crippen LogP contribution in [0.2, 0.25) is 5.02 Å². The van der Waals surface area contributed by atoms with Crippen LogP contribution in [0.1, 0.15) is 61.9 Å². The summed E-state index contributed by atoms with van der Waals surface area (Å²) < 4.78 is 72.4. The highest BCUT2D eigenvalue weighted by molar-refractivity contribution is 7.88. The lowest BCUT2D eigenvalue weighted by molar-refractivity contribution is -0.138. The van der Waals surface area contributed by atoms with Gasteiger partial charge in [0.1, 0.15) is 0 Å². The number of fused-ring (bicyclic) bond motifs is 1. The summed E-state index contributed by atoms with van der Waals surface area (Å²) in [5.41, 5.74) is 4.25. The van der Waals surface area contributed by atoms with E-state index < -0.39 is 33.5 Å². The molecule has 0 aliphatic rings. The minimum absolute atomic E-state index is 0.0777. The summed E-state index contributed by atoms with van der Waals surface area (Å²) in [6, 6.07) is 36.7. The van der Waals surface area contributed by atoms with Crippen molar-refractivity contribution in [3.8, 4) is 0 Å². The monoisotopic (exact) mass is 744 g/mol. The predicted octanol–water partition coefficient (Wildman–Crippen LogP) is 9.49. The Balaban J connectivity index is 1.42. The average molecular weight is 745 g/mol. The Hall–Kier alpha value is -4.90. The molecule has 0 spiro atoms. The molecule has 0 amide bonds. The number of aromatic carboxylic acids is 1. The predicted molar refractivity (Wildman–Crippen MR) is 198 cm³/mol. The van der Waals surface area contributed by atoms with Gasteiger partial charge in [-0.15, -0.1) is 0 Å². The summed E-state index contributed by atoms with van der Waals surface area (Å²) in [7, 11) is -4.18. The Morgan fingerprint density at radius 3 is 2.00 bits per heavy atom. The van der Waals surface area contributed by atoms with E-state index in [-0.39, 0.29) is 30.1 Å². The average Bonchev–Trinajstić information content (AvgIpc) is 3.40. The van der Waals surface area contributed by atoms with Crippen molar-refractivity contribution < 1.29 is 31.5 Å². The minimum atomic E-state index is -4.70. The molecule has 0 saturated heterocycles. The van der Waals surface area contributed by atoms with Gasteiger partial charge in [-0.05, 0) is 77.4 Å². The first-order chi connectivity index (χ1) is 24.9. The van der Waals surface area contributed by atoms with Crippen LogP contribution in [0.15, 0.2) is 127 Å². The molecule has 0 saturated carbocycles. The molecule has 0 aliphatic carbocycles. The summed E-state index contributed by atoms with van der Waals surface area (Å²) in [5, 5.41) is 11.2. The second-order valence-electron chi connectivity index (χ2n) is 12.6. The highest BCUT2D eigenvalue weighted by Gasteiger charge is 2.34. The summed E-state index contributed by atoms with van der Waals surface area (Å²) in [4.78, 5) is 11.9. The number of halogens is 4. The first kappa shape index (κ1) is 36.9. The van der Waals surface area contributed by atoms with E-state index in [0.717, 1.165) is 39.4 Å². The lowest BCUT2D eigenvalue weighted by atomic mass is 9.96. The molecule has 52 heavy (non-hydrogen) atoms. The van der Waals surface area contributed by atoms with Gasteiger partial charge in [0.05, 0.1) is 22.9 Å². The summed E-state index contributed by atoms with van der Waals surface area (Å²) in [6.45, 7) is -0.0777. The number of rotatable bonds is 14. The van der Waals surface area contributed by atoms with Gasteiger partial charge >= 0.3 is 12.1 Å². The molecule has 0 atom stereocenters. The van der Waals surface area contributed by atoms with E-state index in [2.05, 4.69) is 9.29 Å². The van der Waals surface area contributed by atoms with Gasteiger partial charge in [0, 0.05) is 34.6 Å². The number of alkyl halides is 3. The van der Waals surface area contributed by atoms with E-state index in [1.807, 2.05) is 84.9 Å². The van der Waals surface area contributed by atoms with E-state index in [9.17, 15) is 31.5 Å². The fourth-order valence-corrected chi connectivity index (χ4v) is 8.27. The maximum absolute atomic E-state index is 13.7. The van der Waals surface area contributed by atoms with Crippen molar-refractivity contribution in [2.24, 2.45) is 0 Å². The first-order valence-corrected chi connectivity index (χ1v) is 18.8. The van der Waals surface area contributed by atoms with Crippen molar-refractivity contribution in [1.82, 2.24) is 9.29 Å². The fourth-order valence-electron chi connectivity index (χ4n) is 6.92. The molecule has 6 aromatic rings. The summed E-state index contributed by atoms with van der Waals surface area (Å²) in [6.07, 6.45) is -2.89. The Labute approximate surface area is 305 Å². The number of carboxylic acids is 1. The molecule has 0 bridgehead atoms. The molecule has 0 aliphatic heterocycles. The fraction of sp³-hybridized carbons (Fsp3) is 0.195. The van der Waals surface area contributed by atoms with Gasteiger partial charge in [0.25, 0.3) is 0 Å². The van der Waals surface area contributed by atoms with Gasteiger partial charge in [-0.25, -0.2) is 17.9 Å². The van der Waals surface area contributed by atoms with Crippen LogP contribution in [-0.4, -0.2) is 30.6 Å². The van der Waals surface area contributed by atoms with Gasteiger partial charge in [0.15, 0.2) is 0 Å².